The van der Waals surface area contributed by atoms with Gasteiger partial charge >= 0.3 is 5.69 Å². The van der Waals surface area contributed by atoms with Crippen molar-refractivity contribution in [3.63, 3.8) is 0 Å². The number of hydrogen-bond donors (Lipinski definition) is 3. The Morgan fingerprint density at radius 3 is 2.79 bits per heavy atom. The topological polar surface area (TPSA) is 110 Å². The van der Waals surface area contributed by atoms with E-state index >= 15 is 0 Å². The molecular weight excluding hydrogens is 577 g/mol. The molecule has 0 spiro atoms. The Bertz CT molecular complexity index is 1780. The lowest BCUT2D eigenvalue weighted by Crippen LogP contribution is -2.52. The van der Waals surface area contributed by atoms with E-state index < -0.39 is 0 Å². The maximum Gasteiger partial charge on any atom is 0.350 e. The number of nitrogens with two attached hydrogens (primary N) is 1. The standard InChI is InChI=1S/C30H33ClFN7O2S/c1-34-15-4-2-3-14(9-15)22-13-41-26-23(18-7-8-21(32)27-24(18)36-29(33)42-27)20(31)10-19-25(26)39(22)30(40)37-28(19)38-11-16-5-6-17(12-38)35-16/h7-8,10,14-17,22,34-35H,2-6,9,11-13H2,1H3,(H2,33,36)/t14?,15?,16?,17?,22-/m1/s1. The summed E-state index contributed by atoms with van der Waals surface area (Å²) in [6.45, 7) is 1.90. The van der Waals surface area contributed by atoms with Gasteiger partial charge in [-0.1, -0.05) is 29.4 Å². The lowest BCUT2D eigenvalue weighted by molar-refractivity contribution is 0.142. The fourth-order valence-corrected chi connectivity index (χ4v) is 8.92. The minimum absolute atomic E-state index is 0.151. The molecule has 2 bridgehead atoms. The van der Waals surface area contributed by atoms with Crippen molar-refractivity contribution >= 4 is 55.0 Å². The van der Waals surface area contributed by atoms with E-state index in [2.05, 4.69) is 20.5 Å². The molecule has 4 N–H and O–H groups in total. The average Bonchev–Trinajstić information content (AvgIpc) is 3.56. The van der Waals surface area contributed by atoms with Crippen molar-refractivity contribution in [2.24, 2.45) is 5.92 Å². The lowest BCUT2D eigenvalue weighted by atomic mass is 9.80. The Hall–Kier alpha value is -2.99. The van der Waals surface area contributed by atoms with Crippen molar-refractivity contribution in [3.8, 4) is 16.9 Å². The highest BCUT2D eigenvalue weighted by Gasteiger charge is 2.39. The van der Waals surface area contributed by atoms with Crippen LogP contribution in [0.15, 0.2) is 23.0 Å². The van der Waals surface area contributed by atoms with Crippen LogP contribution in [0.3, 0.4) is 0 Å². The zero-order valence-electron chi connectivity index (χ0n) is 23.3. The second-order valence-electron chi connectivity index (χ2n) is 12.2. The number of benzene rings is 2. The first-order valence-electron chi connectivity index (χ1n) is 14.8. The fraction of sp³-hybridized carbons (Fsp3) is 0.500. The molecule has 3 fully saturated rings. The lowest BCUT2D eigenvalue weighted by Gasteiger charge is -2.39. The highest BCUT2D eigenvalue weighted by Crippen LogP contribution is 2.50. The predicted molar refractivity (Wildman–Crippen MR) is 165 cm³/mol. The van der Waals surface area contributed by atoms with Crippen LogP contribution in [-0.2, 0) is 0 Å². The van der Waals surface area contributed by atoms with E-state index in [9.17, 15) is 9.18 Å². The molecule has 4 aromatic rings. The third-order valence-corrected chi connectivity index (χ3v) is 11.0. The molecule has 9 nitrogen and oxygen atoms in total. The summed E-state index contributed by atoms with van der Waals surface area (Å²) in [5, 5.41) is 8.63. The van der Waals surface area contributed by atoms with Gasteiger partial charge in [0.1, 0.15) is 18.2 Å². The largest absolute Gasteiger partial charge is 0.488 e. The molecule has 4 aliphatic rings. The Labute approximate surface area is 251 Å². The summed E-state index contributed by atoms with van der Waals surface area (Å²) in [6.07, 6.45) is 6.44. The molecule has 3 aliphatic heterocycles. The van der Waals surface area contributed by atoms with E-state index in [1.54, 1.807) is 6.07 Å². The number of aromatic nitrogens is 3. The van der Waals surface area contributed by atoms with E-state index in [0.29, 0.717) is 68.2 Å². The minimum atomic E-state index is -0.386. The van der Waals surface area contributed by atoms with E-state index in [0.717, 1.165) is 68.3 Å². The van der Waals surface area contributed by atoms with Crippen LogP contribution in [0.1, 0.15) is 44.6 Å². The van der Waals surface area contributed by atoms with Gasteiger partial charge in [0.15, 0.2) is 10.9 Å². The van der Waals surface area contributed by atoms with Crippen molar-refractivity contribution < 1.29 is 9.13 Å². The van der Waals surface area contributed by atoms with E-state index in [1.807, 2.05) is 17.7 Å². The van der Waals surface area contributed by atoms with Gasteiger partial charge in [-0.3, -0.25) is 4.57 Å². The van der Waals surface area contributed by atoms with Crippen molar-refractivity contribution in [1.29, 1.82) is 0 Å². The summed E-state index contributed by atoms with van der Waals surface area (Å²) in [5.41, 5.74) is 8.13. The molecule has 0 amide bonds. The molecule has 0 radical (unpaired) electrons. The summed E-state index contributed by atoms with van der Waals surface area (Å²) in [4.78, 5) is 25.6. The third-order valence-electron chi connectivity index (χ3n) is 9.79. The second-order valence-corrected chi connectivity index (χ2v) is 13.6. The molecule has 220 valence electrons. The summed E-state index contributed by atoms with van der Waals surface area (Å²) in [7, 11) is 2.00. The monoisotopic (exact) mass is 609 g/mol. The quantitative estimate of drug-likeness (QED) is 0.305. The van der Waals surface area contributed by atoms with Gasteiger partial charge in [-0.05, 0) is 63.3 Å². The first kappa shape index (κ1) is 26.6. The van der Waals surface area contributed by atoms with Crippen LogP contribution in [0, 0.1) is 11.7 Å². The molecule has 42 heavy (non-hydrogen) atoms. The number of rotatable bonds is 4. The zero-order chi connectivity index (χ0) is 28.7. The van der Waals surface area contributed by atoms with Gasteiger partial charge < -0.3 is 26.0 Å². The number of anilines is 2. The van der Waals surface area contributed by atoms with Crippen LogP contribution < -0.4 is 31.7 Å². The summed E-state index contributed by atoms with van der Waals surface area (Å²) in [6, 6.07) is 5.99. The normalized spacial score (nSPS) is 27.1. The number of piperazine rings is 1. The summed E-state index contributed by atoms with van der Waals surface area (Å²) >= 11 is 8.21. The number of hydrogen-bond acceptors (Lipinski definition) is 9. The van der Waals surface area contributed by atoms with Crippen LogP contribution in [0.2, 0.25) is 5.02 Å². The smallest absolute Gasteiger partial charge is 0.350 e. The first-order chi connectivity index (χ1) is 20.4. The van der Waals surface area contributed by atoms with E-state index in [1.165, 1.54) is 6.07 Å². The van der Waals surface area contributed by atoms with Gasteiger partial charge in [-0.2, -0.15) is 4.98 Å². The Balaban J connectivity index is 1.38. The van der Waals surface area contributed by atoms with Gasteiger partial charge in [0.05, 0.1) is 26.8 Å². The maximum absolute atomic E-state index is 14.8. The number of nitrogens with zero attached hydrogens (tertiary/aromatic N) is 4. The number of ether oxygens (including phenoxy) is 1. The summed E-state index contributed by atoms with van der Waals surface area (Å²) < 4.78 is 23.7. The SMILES string of the molecule is CNC1CCCC([C@H]2COc3c(-c4ccc(F)c5sc(N)nc45)c(Cl)cc4c(N5CC6CCC(C5)N6)nc(=O)n2c34)C1. The zero-order valence-corrected chi connectivity index (χ0v) is 24.9. The molecule has 2 aromatic carbocycles. The van der Waals surface area contributed by atoms with Crippen LogP contribution in [0.25, 0.3) is 32.2 Å². The van der Waals surface area contributed by atoms with E-state index in [4.69, 9.17) is 27.1 Å². The first-order valence-corrected chi connectivity index (χ1v) is 16.0. The molecular formula is C30H33ClFN7O2S. The number of nitrogen functional groups attached to an aromatic ring is 1. The number of thiazole rings is 1. The Morgan fingerprint density at radius 2 is 2.00 bits per heavy atom. The molecule has 1 saturated carbocycles. The van der Waals surface area contributed by atoms with Crippen molar-refractivity contribution in [2.45, 2.75) is 62.7 Å². The molecule has 2 saturated heterocycles. The predicted octanol–water partition coefficient (Wildman–Crippen LogP) is 4.70. The van der Waals surface area contributed by atoms with Crippen LogP contribution >= 0.6 is 22.9 Å². The van der Waals surface area contributed by atoms with Gasteiger partial charge in [0.25, 0.3) is 0 Å². The van der Waals surface area contributed by atoms with Gasteiger partial charge in [-0.25, -0.2) is 14.2 Å². The average molecular weight is 610 g/mol. The molecule has 5 heterocycles. The van der Waals surface area contributed by atoms with Crippen molar-refractivity contribution in [3.05, 3.63) is 39.5 Å². The summed E-state index contributed by atoms with van der Waals surface area (Å²) in [5.74, 6) is 1.06. The number of halogens is 2. The molecule has 12 heteroatoms. The molecule has 2 aromatic heterocycles. The second kappa shape index (κ2) is 10.0. The maximum atomic E-state index is 14.8. The molecule has 1 aliphatic carbocycles. The highest BCUT2D eigenvalue weighted by atomic mass is 35.5. The Kier molecular flexibility index (Phi) is 6.36. The number of nitrogens with one attached hydrogen (secondary N) is 2. The van der Waals surface area contributed by atoms with Crippen molar-refractivity contribution in [2.75, 3.05) is 37.4 Å². The fourth-order valence-electron chi connectivity index (χ4n) is 7.86. The Morgan fingerprint density at radius 1 is 1.19 bits per heavy atom. The van der Waals surface area contributed by atoms with Crippen LogP contribution in [0.4, 0.5) is 15.3 Å². The molecule has 4 unspecified atom stereocenters. The van der Waals surface area contributed by atoms with E-state index in [-0.39, 0.29) is 28.6 Å². The van der Waals surface area contributed by atoms with Crippen LogP contribution in [0.5, 0.6) is 5.75 Å². The molecule has 5 atom stereocenters. The van der Waals surface area contributed by atoms with Gasteiger partial charge in [0.2, 0.25) is 0 Å². The van der Waals surface area contributed by atoms with Gasteiger partial charge in [0, 0.05) is 47.7 Å². The van der Waals surface area contributed by atoms with Crippen LogP contribution in [-0.4, -0.2) is 59.4 Å². The third kappa shape index (κ3) is 4.11. The minimum Gasteiger partial charge on any atom is -0.488 e. The molecule has 8 rings (SSSR count). The van der Waals surface area contributed by atoms with Gasteiger partial charge in [-0.15, -0.1) is 0 Å². The number of fused-ring (bicyclic) bond motifs is 3. The van der Waals surface area contributed by atoms with Crippen molar-refractivity contribution in [1.82, 2.24) is 25.2 Å². The highest BCUT2D eigenvalue weighted by molar-refractivity contribution is 7.22.